The van der Waals surface area contributed by atoms with Crippen molar-refractivity contribution in [1.29, 1.82) is 0 Å². The first kappa shape index (κ1) is 21.1. The van der Waals surface area contributed by atoms with Crippen molar-refractivity contribution in [2.45, 2.75) is 6.18 Å². The predicted octanol–water partition coefficient (Wildman–Crippen LogP) is 4.68. The van der Waals surface area contributed by atoms with E-state index in [0.717, 1.165) is 12.1 Å². The van der Waals surface area contributed by atoms with Crippen LogP contribution in [0.1, 0.15) is 26.5 Å². The van der Waals surface area contributed by atoms with E-state index in [4.69, 9.17) is 16.6 Å². The monoisotopic (exact) mass is 433 g/mol. The maximum atomic E-state index is 12.8. The average Bonchev–Trinajstić information content (AvgIpc) is 3.23. The van der Waals surface area contributed by atoms with E-state index >= 15 is 0 Å². The van der Waals surface area contributed by atoms with E-state index in [2.05, 4.69) is 16.0 Å². The number of carbonyl (C=O) groups is 2. The molecule has 0 saturated carbocycles. The van der Waals surface area contributed by atoms with Gasteiger partial charge in [-0.1, -0.05) is 6.07 Å². The summed E-state index contributed by atoms with van der Waals surface area (Å²) in [5.41, 5.74) is -0.109. The predicted molar refractivity (Wildman–Crippen MR) is 108 cm³/mol. The summed E-state index contributed by atoms with van der Waals surface area (Å²) >= 11 is 5.04. The number of carbonyl (C=O) groups excluding carboxylic acids is 2. The first-order valence-electron chi connectivity index (χ1n) is 8.47. The van der Waals surface area contributed by atoms with Crippen LogP contribution in [0.15, 0.2) is 71.3 Å². The molecule has 1 heterocycles. The Morgan fingerprint density at radius 1 is 0.867 bits per heavy atom. The van der Waals surface area contributed by atoms with E-state index in [9.17, 15) is 22.8 Å². The number of hydrogen-bond donors (Lipinski definition) is 3. The molecule has 0 fully saturated rings. The third-order valence-electron chi connectivity index (χ3n) is 3.82. The van der Waals surface area contributed by atoms with Crippen molar-refractivity contribution >= 4 is 40.5 Å². The molecule has 0 radical (unpaired) electrons. The van der Waals surface area contributed by atoms with Crippen molar-refractivity contribution in [3.63, 3.8) is 0 Å². The van der Waals surface area contributed by atoms with Crippen molar-refractivity contribution in [3.05, 3.63) is 83.8 Å². The maximum absolute atomic E-state index is 12.8. The molecular formula is C20H14F3N3O3S. The van der Waals surface area contributed by atoms with Crippen LogP contribution in [0, 0.1) is 0 Å². The summed E-state index contributed by atoms with van der Waals surface area (Å²) in [5.74, 6) is -0.995. The van der Waals surface area contributed by atoms with Crippen LogP contribution in [0.4, 0.5) is 24.5 Å². The quantitative estimate of drug-likeness (QED) is 0.521. The highest BCUT2D eigenvalue weighted by Gasteiger charge is 2.30. The van der Waals surface area contributed by atoms with Gasteiger partial charge in [0.1, 0.15) is 0 Å². The van der Waals surface area contributed by atoms with E-state index in [1.807, 2.05) is 0 Å². The van der Waals surface area contributed by atoms with Crippen LogP contribution in [0.5, 0.6) is 0 Å². The van der Waals surface area contributed by atoms with Gasteiger partial charge in [0.15, 0.2) is 10.9 Å². The van der Waals surface area contributed by atoms with Gasteiger partial charge >= 0.3 is 6.18 Å². The molecule has 6 nitrogen and oxygen atoms in total. The van der Waals surface area contributed by atoms with Crippen molar-refractivity contribution in [3.8, 4) is 0 Å². The molecule has 3 N–H and O–H groups in total. The Hall–Kier alpha value is -3.66. The molecular weight excluding hydrogens is 419 g/mol. The number of halogens is 3. The van der Waals surface area contributed by atoms with Gasteiger partial charge in [-0.3, -0.25) is 14.9 Å². The zero-order valence-electron chi connectivity index (χ0n) is 15.1. The van der Waals surface area contributed by atoms with Crippen LogP contribution in [0.2, 0.25) is 0 Å². The number of rotatable bonds is 4. The Morgan fingerprint density at radius 3 is 2.23 bits per heavy atom. The SMILES string of the molecule is O=C(Nc1cccc(C(F)(F)F)c1)c1ccc(NC(=S)NC(=O)c2ccco2)cc1. The largest absolute Gasteiger partial charge is 0.459 e. The number of alkyl halides is 3. The van der Waals surface area contributed by atoms with Gasteiger partial charge in [0.05, 0.1) is 11.8 Å². The fourth-order valence-electron chi connectivity index (χ4n) is 2.42. The second kappa shape index (κ2) is 8.78. The van der Waals surface area contributed by atoms with Crippen LogP contribution >= 0.6 is 12.2 Å². The van der Waals surface area contributed by atoms with Gasteiger partial charge in [-0.05, 0) is 66.8 Å². The van der Waals surface area contributed by atoms with E-state index in [1.54, 1.807) is 6.07 Å². The number of furan rings is 1. The van der Waals surface area contributed by atoms with Gasteiger partial charge in [0, 0.05) is 16.9 Å². The second-order valence-corrected chi connectivity index (χ2v) is 6.40. The maximum Gasteiger partial charge on any atom is 0.416 e. The van der Waals surface area contributed by atoms with Gasteiger partial charge in [-0.25, -0.2) is 0 Å². The van der Waals surface area contributed by atoms with E-state index in [-0.39, 0.29) is 22.1 Å². The minimum absolute atomic E-state index is 0.0255. The zero-order chi connectivity index (χ0) is 21.7. The first-order valence-corrected chi connectivity index (χ1v) is 8.88. The molecule has 2 amide bonds. The van der Waals surface area contributed by atoms with Crippen molar-refractivity contribution in [1.82, 2.24) is 5.32 Å². The second-order valence-electron chi connectivity index (χ2n) is 6.00. The molecule has 0 unspecified atom stereocenters. The lowest BCUT2D eigenvalue weighted by Crippen LogP contribution is -2.33. The lowest BCUT2D eigenvalue weighted by atomic mass is 10.1. The highest BCUT2D eigenvalue weighted by molar-refractivity contribution is 7.80. The molecule has 3 aromatic rings. The molecule has 30 heavy (non-hydrogen) atoms. The molecule has 0 aliphatic heterocycles. The molecule has 0 bridgehead atoms. The Bertz CT molecular complexity index is 1060. The third-order valence-corrected chi connectivity index (χ3v) is 4.03. The van der Waals surface area contributed by atoms with Crippen molar-refractivity contribution in [2.75, 3.05) is 10.6 Å². The van der Waals surface area contributed by atoms with Gasteiger partial charge in [-0.15, -0.1) is 0 Å². The van der Waals surface area contributed by atoms with Gasteiger partial charge < -0.3 is 15.1 Å². The summed E-state index contributed by atoms with van der Waals surface area (Å²) in [6, 6.07) is 13.4. The number of amides is 2. The van der Waals surface area contributed by atoms with Gasteiger partial charge in [0.2, 0.25) is 0 Å². The summed E-state index contributed by atoms with van der Waals surface area (Å²) in [7, 11) is 0. The fraction of sp³-hybridized carbons (Fsp3) is 0.0500. The molecule has 0 aliphatic carbocycles. The van der Waals surface area contributed by atoms with Crippen LogP contribution < -0.4 is 16.0 Å². The summed E-state index contributed by atoms with van der Waals surface area (Å²) in [6.07, 6.45) is -3.15. The normalized spacial score (nSPS) is 10.9. The molecule has 2 aromatic carbocycles. The van der Waals surface area contributed by atoms with Crippen molar-refractivity contribution in [2.24, 2.45) is 0 Å². The van der Waals surface area contributed by atoms with E-state index < -0.39 is 23.6 Å². The summed E-state index contributed by atoms with van der Waals surface area (Å²) < 4.78 is 43.3. The number of anilines is 2. The number of nitrogens with one attached hydrogen (secondary N) is 3. The molecule has 0 atom stereocenters. The van der Waals surface area contributed by atoms with E-state index in [1.165, 1.54) is 48.7 Å². The fourth-order valence-corrected chi connectivity index (χ4v) is 2.63. The van der Waals surface area contributed by atoms with Crippen LogP contribution in [0.3, 0.4) is 0 Å². The van der Waals surface area contributed by atoms with Gasteiger partial charge in [0.25, 0.3) is 11.8 Å². The smallest absolute Gasteiger partial charge is 0.416 e. The highest BCUT2D eigenvalue weighted by Crippen LogP contribution is 2.30. The minimum Gasteiger partial charge on any atom is -0.459 e. The Kier molecular flexibility index (Phi) is 6.17. The molecule has 3 rings (SSSR count). The summed E-state index contributed by atoms with van der Waals surface area (Å²) in [5, 5.41) is 7.66. The Morgan fingerprint density at radius 2 is 1.60 bits per heavy atom. The lowest BCUT2D eigenvalue weighted by Gasteiger charge is -2.11. The number of benzene rings is 2. The lowest BCUT2D eigenvalue weighted by molar-refractivity contribution is -0.137. The van der Waals surface area contributed by atoms with Gasteiger partial charge in [-0.2, -0.15) is 13.2 Å². The van der Waals surface area contributed by atoms with Crippen LogP contribution in [-0.4, -0.2) is 16.9 Å². The highest BCUT2D eigenvalue weighted by atomic mass is 32.1. The van der Waals surface area contributed by atoms with E-state index in [0.29, 0.717) is 5.69 Å². The standard InChI is InChI=1S/C20H14F3N3O3S/c21-20(22,23)13-3-1-4-15(11-13)24-17(27)12-6-8-14(9-7-12)25-19(30)26-18(28)16-5-2-10-29-16/h1-11H,(H,24,27)(H2,25,26,28,30). The molecule has 1 aromatic heterocycles. The van der Waals surface area contributed by atoms with Crippen molar-refractivity contribution < 1.29 is 27.2 Å². The summed E-state index contributed by atoms with van der Waals surface area (Å²) in [6.45, 7) is 0. The average molecular weight is 433 g/mol. The van der Waals surface area contributed by atoms with Crippen LogP contribution in [0.25, 0.3) is 0 Å². The molecule has 0 spiro atoms. The Balaban J connectivity index is 1.59. The molecule has 0 saturated heterocycles. The molecule has 154 valence electrons. The first-order chi connectivity index (χ1) is 14.2. The third kappa shape index (κ3) is 5.45. The minimum atomic E-state index is -4.50. The van der Waals surface area contributed by atoms with Crippen LogP contribution in [-0.2, 0) is 6.18 Å². The molecule has 0 aliphatic rings. The topological polar surface area (TPSA) is 83.4 Å². The number of thiocarbonyl (C=S) groups is 1. The number of hydrogen-bond acceptors (Lipinski definition) is 4. The Labute approximate surface area is 174 Å². The summed E-state index contributed by atoms with van der Waals surface area (Å²) in [4.78, 5) is 24.1. The zero-order valence-corrected chi connectivity index (χ0v) is 15.9. The molecule has 10 heteroatoms.